The molecule has 0 fully saturated rings. The summed E-state index contributed by atoms with van der Waals surface area (Å²) in [5.41, 5.74) is 1.45. The van der Waals surface area contributed by atoms with Crippen LogP contribution in [0.15, 0.2) is 0 Å². The summed E-state index contributed by atoms with van der Waals surface area (Å²) < 4.78 is 6.64. The van der Waals surface area contributed by atoms with Crippen LogP contribution in [0.3, 0.4) is 0 Å². The molecule has 4 heteroatoms. The summed E-state index contributed by atoms with van der Waals surface area (Å²) >= 11 is 0. The van der Waals surface area contributed by atoms with Crippen molar-refractivity contribution in [2.45, 2.75) is 27.3 Å². The third-order valence-corrected chi connectivity index (χ3v) is 1.80. The fourth-order valence-corrected chi connectivity index (χ4v) is 1.21. The summed E-state index contributed by atoms with van der Waals surface area (Å²) in [6.07, 6.45) is 5.17. The number of aryl methyl sites for hydroxylation is 1. The molecular weight excluding hydrogens is 180 g/mol. The van der Waals surface area contributed by atoms with Gasteiger partial charge in [-0.25, -0.2) is 0 Å². The molecule has 0 saturated heterocycles. The third-order valence-electron chi connectivity index (χ3n) is 1.80. The highest BCUT2D eigenvalue weighted by atomic mass is 16.5. The Kier molecular flexibility index (Phi) is 2.92. The molecule has 1 rings (SSSR count). The number of hydrogen-bond donors (Lipinski definition) is 0. The average molecular weight is 192 g/mol. The van der Waals surface area contributed by atoms with Crippen LogP contribution in [-0.2, 0) is 11.3 Å². The summed E-state index contributed by atoms with van der Waals surface area (Å²) in [5, 5.41) is 4.15. The van der Waals surface area contributed by atoms with E-state index in [1.807, 2.05) is 6.92 Å². The minimum Gasteiger partial charge on any atom is -0.423 e. The SMILES string of the molecule is C#CCn1nc(C)c(OC(C)=O)c1C. The van der Waals surface area contributed by atoms with Crippen molar-refractivity contribution in [3.63, 3.8) is 0 Å². The van der Waals surface area contributed by atoms with Crippen molar-refractivity contribution in [3.8, 4) is 18.1 Å². The van der Waals surface area contributed by atoms with Crippen molar-refractivity contribution in [1.82, 2.24) is 9.78 Å². The minimum atomic E-state index is -0.351. The first-order chi connectivity index (χ1) is 6.56. The van der Waals surface area contributed by atoms with E-state index in [1.165, 1.54) is 6.92 Å². The Hall–Kier alpha value is -1.76. The van der Waals surface area contributed by atoms with Crippen LogP contribution in [-0.4, -0.2) is 15.7 Å². The second kappa shape index (κ2) is 3.97. The molecule has 4 nitrogen and oxygen atoms in total. The third kappa shape index (κ3) is 1.94. The van der Waals surface area contributed by atoms with Crippen LogP contribution in [0.25, 0.3) is 0 Å². The van der Waals surface area contributed by atoms with Crippen molar-refractivity contribution >= 4 is 5.97 Å². The Balaban J connectivity index is 3.06. The van der Waals surface area contributed by atoms with E-state index in [2.05, 4.69) is 11.0 Å². The van der Waals surface area contributed by atoms with Gasteiger partial charge in [0.2, 0.25) is 0 Å². The standard InChI is InChI=1S/C10H12N2O2/c1-5-6-12-8(3)10(7(2)11-12)14-9(4)13/h1H,6H2,2-4H3. The topological polar surface area (TPSA) is 44.1 Å². The molecule has 74 valence electrons. The Bertz CT molecular complexity index is 399. The van der Waals surface area contributed by atoms with Gasteiger partial charge in [0.15, 0.2) is 5.75 Å². The van der Waals surface area contributed by atoms with E-state index in [9.17, 15) is 4.79 Å². The summed E-state index contributed by atoms with van der Waals surface area (Å²) in [7, 11) is 0. The summed E-state index contributed by atoms with van der Waals surface area (Å²) in [6.45, 7) is 5.33. The fraction of sp³-hybridized carbons (Fsp3) is 0.400. The van der Waals surface area contributed by atoms with Gasteiger partial charge in [-0.05, 0) is 13.8 Å². The van der Waals surface area contributed by atoms with Gasteiger partial charge in [-0.3, -0.25) is 9.48 Å². The predicted octanol–water partition coefficient (Wildman–Crippen LogP) is 1.06. The Morgan fingerprint density at radius 1 is 1.64 bits per heavy atom. The normalized spacial score (nSPS) is 9.57. The molecule has 0 saturated carbocycles. The lowest BCUT2D eigenvalue weighted by Crippen LogP contribution is -2.04. The molecule has 0 N–H and O–H groups in total. The predicted molar refractivity (Wildman–Crippen MR) is 51.8 cm³/mol. The summed E-state index contributed by atoms with van der Waals surface area (Å²) in [4.78, 5) is 10.8. The Morgan fingerprint density at radius 2 is 2.29 bits per heavy atom. The van der Waals surface area contributed by atoms with Gasteiger partial charge in [-0.2, -0.15) is 5.10 Å². The maximum Gasteiger partial charge on any atom is 0.308 e. The van der Waals surface area contributed by atoms with Gasteiger partial charge in [-0.15, -0.1) is 6.42 Å². The monoisotopic (exact) mass is 192 g/mol. The summed E-state index contributed by atoms with van der Waals surface area (Å²) in [5.74, 6) is 2.64. The smallest absolute Gasteiger partial charge is 0.308 e. The maximum atomic E-state index is 10.8. The minimum absolute atomic E-state index is 0.351. The van der Waals surface area contributed by atoms with Crippen molar-refractivity contribution in [1.29, 1.82) is 0 Å². The zero-order chi connectivity index (χ0) is 10.7. The first-order valence-electron chi connectivity index (χ1n) is 4.22. The zero-order valence-corrected chi connectivity index (χ0v) is 8.50. The molecule has 0 atom stereocenters. The molecule has 1 aromatic rings. The number of hydrogen-bond acceptors (Lipinski definition) is 3. The number of aromatic nitrogens is 2. The number of nitrogens with zero attached hydrogens (tertiary/aromatic N) is 2. The number of esters is 1. The number of carbonyl (C=O) groups is 1. The van der Waals surface area contributed by atoms with E-state index < -0.39 is 0 Å². The van der Waals surface area contributed by atoms with Gasteiger partial charge in [0.1, 0.15) is 12.2 Å². The van der Waals surface area contributed by atoms with Crippen LogP contribution in [0, 0.1) is 26.2 Å². The molecule has 0 spiro atoms. The number of carbonyl (C=O) groups excluding carboxylic acids is 1. The Morgan fingerprint density at radius 3 is 2.79 bits per heavy atom. The molecule has 0 amide bonds. The lowest BCUT2D eigenvalue weighted by atomic mass is 10.3. The molecule has 0 bridgehead atoms. The average Bonchev–Trinajstić information content (AvgIpc) is 2.33. The highest BCUT2D eigenvalue weighted by Gasteiger charge is 2.13. The fourth-order valence-electron chi connectivity index (χ4n) is 1.21. The van der Waals surface area contributed by atoms with E-state index in [0.717, 1.165) is 5.69 Å². The van der Waals surface area contributed by atoms with Gasteiger partial charge >= 0.3 is 5.97 Å². The zero-order valence-electron chi connectivity index (χ0n) is 8.50. The molecule has 0 aliphatic rings. The van der Waals surface area contributed by atoms with E-state index in [0.29, 0.717) is 18.0 Å². The first-order valence-corrected chi connectivity index (χ1v) is 4.22. The summed E-state index contributed by atoms with van der Waals surface area (Å²) in [6, 6.07) is 0. The van der Waals surface area contributed by atoms with Gasteiger partial charge < -0.3 is 4.74 Å². The largest absolute Gasteiger partial charge is 0.423 e. The van der Waals surface area contributed by atoms with Gasteiger partial charge in [0.05, 0.1) is 5.69 Å². The molecular formula is C10H12N2O2. The van der Waals surface area contributed by atoms with E-state index in [-0.39, 0.29) is 5.97 Å². The first kappa shape index (κ1) is 10.3. The second-order valence-corrected chi connectivity index (χ2v) is 2.96. The van der Waals surface area contributed by atoms with Crippen LogP contribution in [0.5, 0.6) is 5.75 Å². The maximum absolute atomic E-state index is 10.8. The number of ether oxygens (including phenoxy) is 1. The molecule has 0 aliphatic heterocycles. The molecule has 0 aliphatic carbocycles. The van der Waals surface area contributed by atoms with Crippen LogP contribution < -0.4 is 4.74 Å². The molecule has 0 unspecified atom stereocenters. The molecule has 14 heavy (non-hydrogen) atoms. The highest BCUT2D eigenvalue weighted by Crippen LogP contribution is 2.22. The van der Waals surface area contributed by atoms with Crippen LogP contribution >= 0.6 is 0 Å². The van der Waals surface area contributed by atoms with E-state index in [4.69, 9.17) is 11.2 Å². The van der Waals surface area contributed by atoms with Crippen LogP contribution in [0.2, 0.25) is 0 Å². The van der Waals surface area contributed by atoms with Gasteiger partial charge in [0, 0.05) is 6.92 Å². The number of terminal acetylenes is 1. The van der Waals surface area contributed by atoms with Crippen molar-refractivity contribution in [2.75, 3.05) is 0 Å². The number of rotatable bonds is 2. The Labute approximate surface area is 82.9 Å². The van der Waals surface area contributed by atoms with E-state index >= 15 is 0 Å². The van der Waals surface area contributed by atoms with Crippen molar-refractivity contribution < 1.29 is 9.53 Å². The van der Waals surface area contributed by atoms with Gasteiger partial charge in [0.25, 0.3) is 0 Å². The lowest BCUT2D eigenvalue weighted by molar-refractivity contribution is -0.131. The van der Waals surface area contributed by atoms with Crippen LogP contribution in [0.1, 0.15) is 18.3 Å². The molecule has 0 radical (unpaired) electrons. The second-order valence-electron chi connectivity index (χ2n) is 2.96. The quantitative estimate of drug-likeness (QED) is 0.520. The van der Waals surface area contributed by atoms with Gasteiger partial charge in [-0.1, -0.05) is 5.92 Å². The van der Waals surface area contributed by atoms with Crippen molar-refractivity contribution in [2.24, 2.45) is 0 Å². The molecule has 1 heterocycles. The molecule has 0 aromatic carbocycles. The molecule has 1 aromatic heterocycles. The van der Waals surface area contributed by atoms with E-state index in [1.54, 1.807) is 11.6 Å². The van der Waals surface area contributed by atoms with Crippen LogP contribution in [0.4, 0.5) is 0 Å². The lowest BCUT2D eigenvalue weighted by Gasteiger charge is -2.01. The highest BCUT2D eigenvalue weighted by molar-refractivity contribution is 5.69. The van der Waals surface area contributed by atoms with Crippen molar-refractivity contribution in [3.05, 3.63) is 11.4 Å².